The quantitative estimate of drug-likeness (QED) is 0.524. The first-order valence-electron chi connectivity index (χ1n) is 7.90. The van der Waals surface area contributed by atoms with Crippen molar-refractivity contribution in [3.63, 3.8) is 0 Å². The first-order chi connectivity index (χ1) is 12.3. The number of hydrogen-bond donors (Lipinski definition) is 0. The molecule has 0 aliphatic rings. The molecule has 4 heteroatoms. The average molecular weight is 326 g/mol. The van der Waals surface area contributed by atoms with Crippen molar-refractivity contribution >= 4 is 18.4 Å². The van der Waals surface area contributed by atoms with Crippen molar-refractivity contribution < 1.29 is 0 Å². The Labute approximate surface area is 147 Å². The lowest BCUT2D eigenvalue weighted by molar-refractivity contribution is 1.33. The summed E-state index contributed by atoms with van der Waals surface area (Å²) in [5.41, 5.74) is 3.92. The molecule has 25 heavy (non-hydrogen) atoms. The maximum atomic E-state index is 4.61. The Morgan fingerprint density at radius 3 is 2.28 bits per heavy atom. The zero-order chi connectivity index (χ0) is 17.5. The van der Waals surface area contributed by atoms with E-state index in [1.54, 1.807) is 13.2 Å². The lowest BCUT2D eigenvalue weighted by atomic mass is 10.0. The number of rotatable bonds is 3. The van der Waals surface area contributed by atoms with Crippen molar-refractivity contribution in [2.75, 3.05) is 7.05 Å². The zero-order valence-electron chi connectivity index (χ0n) is 14.0. The predicted molar refractivity (Wildman–Crippen MR) is 105 cm³/mol. The van der Waals surface area contributed by atoms with Crippen molar-refractivity contribution in [1.82, 2.24) is 4.98 Å². The van der Waals surface area contributed by atoms with Gasteiger partial charge in [0.25, 0.3) is 0 Å². The molecule has 0 bridgehead atoms. The van der Waals surface area contributed by atoms with Gasteiger partial charge in [0.1, 0.15) is 0 Å². The van der Waals surface area contributed by atoms with E-state index >= 15 is 0 Å². The third-order valence-electron chi connectivity index (χ3n) is 3.72. The van der Waals surface area contributed by atoms with Crippen LogP contribution >= 0.6 is 0 Å². The molecule has 3 rings (SSSR count). The molecule has 1 heterocycles. The van der Waals surface area contributed by atoms with Crippen LogP contribution < -0.4 is 0 Å². The van der Waals surface area contributed by atoms with Gasteiger partial charge in [0.2, 0.25) is 0 Å². The van der Waals surface area contributed by atoms with Gasteiger partial charge in [-0.05, 0) is 24.4 Å². The van der Waals surface area contributed by atoms with E-state index < -0.39 is 0 Å². The Morgan fingerprint density at radius 2 is 1.60 bits per heavy atom. The van der Waals surface area contributed by atoms with Crippen LogP contribution in [0.2, 0.25) is 0 Å². The monoisotopic (exact) mass is 326 g/mol. The number of benzene rings is 2. The molecule has 0 fully saturated rings. The Bertz CT molecular complexity index is 913. The van der Waals surface area contributed by atoms with E-state index in [0.717, 1.165) is 22.3 Å². The lowest BCUT2D eigenvalue weighted by Gasteiger charge is -2.06. The zero-order valence-corrected chi connectivity index (χ0v) is 14.0. The van der Waals surface area contributed by atoms with Crippen LogP contribution in [-0.4, -0.2) is 30.4 Å². The van der Waals surface area contributed by atoms with Gasteiger partial charge in [-0.25, -0.2) is 9.98 Å². The normalized spacial score (nSPS) is 12.0. The van der Waals surface area contributed by atoms with E-state index in [-0.39, 0.29) is 0 Å². The first-order valence-corrected chi connectivity index (χ1v) is 7.90. The topological polar surface area (TPSA) is 50.0 Å². The van der Waals surface area contributed by atoms with E-state index in [1.165, 1.54) is 0 Å². The number of amidine groups is 2. The van der Waals surface area contributed by atoms with E-state index in [9.17, 15) is 0 Å². The maximum absolute atomic E-state index is 4.61. The summed E-state index contributed by atoms with van der Waals surface area (Å²) in [5, 5.41) is 0. The molecule has 0 saturated carbocycles. The molecule has 0 unspecified atom stereocenters. The van der Waals surface area contributed by atoms with Crippen LogP contribution in [0.1, 0.15) is 11.1 Å². The van der Waals surface area contributed by atoms with E-state index in [2.05, 4.69) is 26.7 Å². The Balaban J connectivity index is 2.00. The van der Waals surface area contributed by atoms with Crippen LogP contribution in [0.3, 0.4) is 0 Å². The summed E-state index contributed by atoms with van der Waals surface area (Å²) in [6.07, 6.45) is 3.59. The minimum Gasteiger partial charge on any atom is -0.270 e. The second kappa shape index (κ2) is 7.93. The second-order valence-corrected chi connectivity index (χ2v) is 5.33. The molecule has 0 aliphatic carbocycles. The summed E-state index contributed by atoms with van der Waals surface area (Å²) in [4.78, 5) is 17.2. The van der Waals surface area contributed by atoms with Crippen LogP contribution in [0, 0.1) is 0 Å². The number of pyridine rings is 1. The standard InChI is InChI=1S/C21H18N4/c1-22-20(16-8-4-3-5-9-16)25-21(23-2)18-11-6-10-17(14-18)19-12-7-13-24-15-19/h3-15H,2H2,1H3/b22-20-,25-21-. The fourth-order valence-corrected chi connectivity index (χ4v) is 2.49. The number of nitrogens with zero attached hydrogens (tertiary/aromatic N) is 4. The number of aliphatic imine (C=N–C) groups is 3. The van der Waals surface area contributed by atoms with Gasteiger partial charge in [0.15, 0.2) is 11.7 Å². The molecule has 0 spiro atoms. The predicted octanol–water partition coefficient (Wildman–Crippen LogP) is 4.27. The average Bonchev–Trinajstić information content (AvgIpc) is 2.70. The summed E-state index contributed by atoms with van der Waals surface area (Å²) in [7, 11) is 1.72. The van der Waals surface area contributed by atoms with Gasteiger partial charge < -0.3 is 0 Å². The number of aromatic nitrogens is 1. The lowest BCUT2D eigenvalue weighted by Crippen LogP contribution is -2.04. The highest BCUT2D eigenvalue weighted by molar-refractivity contribution is 6.12. The van der Waals surface area contributed by atoms with Gasteiger partial charge >= 0.3 is 0 Å². The van der Waals surface area contributed by atoms with Crippen LogP contribution in [0.25, 0.3) is 11.1 Å². The van der Waals surface area contributed by atoms with Crippen molar-refractivity contribution in [3.8, 4) is 11.1 Å². The molecule has 0 amide bonds. The molecule has 1 aromatic heterocycles. The molecule has 4 nitrogen and oxygen atoms in total. The Kier molecular flexibility index (Phi) is 5.22. The summed E-state index contributed by atoms with van der Waals surface area (Å²) in [6.45, 7) is 3.67. The van der Waals surface area contributed by atoms with E-state index in [0.29, 0.717) is 11.7 Å². The summed E-state index contributed by atoms with van der Waals surface area (Å²) in [5.74, 6) is 1.16. The minimum atomic E-state index is 0.537. The molecule has 0 aliphatic heterocycles. The fourth-order valence-electron chi connectivity index (χ4n) is 2.49. The molecule has 0 N–H and O–H groups in total. The van der Waals surface area contributed by atoms with E-state index in [4.69, 9.17) is 0 Å². The van der Waals surface area contributed by atoms with Gasteiger partial charge in [-0.1, -0.05) is 54.6 Å². The summed E-state index contributed by atoms with van der Waals surface area (Å²) >= 11 is 0. The maximum Gasteiger partial charge on any atom is 0.161 e. The smallest absolute Gasteiger partial charge is 0.161 e. The molecular formula is C21H18N4. The largest absolute Gasteiger partial charge is 0.270 e. The molecule has 0 saturated heterocycles. The van der Waals surface area contributed by atoms with Crippen molar-refractivity contribution in [2.24, 2.45) is 15.0 Å². The van der Waals surface area contributed by atoms with E-state index in [1.807, 2.05) is 72.9 Å². The minimum absolute atomic E-state index is 0.537. The van der Waals surface area contributed by atoms with Gasteiger partial charge in [-0.2, -0.15) is 0 Å². The third-order valence-corrected chi connectivity index (χ3v) is 3.72. The van der Waals surface area contributed by atoms with Gasteiger partial charge in [0.05, 0.1) is 0 Å². The van der Waals surface area contributed by atoms with Crippen LogP contribution in [0.4, 0.5) is 0 Å². The van der Waals surface area contributed by atoms with Gasteiger partial charge in [0, 0.05) is 36.1 Å². The summed E-state index contributed by atoms with van der Waals surface area (Å²) < 4.78 is 0. The number of hydrogen-bond acceptors (Lipinski definition) is 2. The molecule has 122 valence electrons. The molecule has 0 atom stereocenters. The molecular weight excluding hydrogens is 308 g/mol. The van der Waals surface area contributed by atoms with Crippen molar-refractivity contribution in [2.45, 2.75) is 0 Å². The molecule has 2 aromatic carbocycles. The third kappa shape index (κ3) is 3.93. The van der Waals surface area contributed by atoms with Crippen molar-refractivity contribution in [3.05, 3.63) is 90.3 Å². The van der Waals surface area contributed by atoms with Crippen LogP contribution in [-0.2, 0) is 0 Å². The first kappa shape index (κ1) is 16.5. The van der Waals surface area contributed by atoms with Gasteiger partial charge in [-0.3, -0.25) is 9.98 Å². The van der Waals surface area contributed by atoms with Gasteiger partial charge in [-0.15, -0.1) is 0 Å². The van der Waals surface area contributed by atoms with Crippen molar-refractivity contribution in [1.29, 1.82) is 0 Å². The fraction of sp³-hybridized carbons (Fsp3) is 0.0476. The SMILES string of the molecule is C=N/C(=N\C(=N/C)c1ccccc1)c1cccc(-c2cccnc2)c1. The highest BCUT2D eigenvalue weighted by Crippen LogP contribution is 2.20. The highest BCUT2D eigenvalue weighted by Gasteiger charge is 2.07. The van der Waals surface area contributed by atoms with Crippen LogP contribution in [0.5, 0.6) is 0 Å². The highest BCUT2D eigenvalue weighted by atomic mass is 15.0. The Morgan fingerprint density at radius 1 is 0.840 bits per heavy atom. The summed E-state index contributed by atoms with van der Waals surface area (Å²) in [6, 6.07) is 21.8. The second-order valence-electron chi connectivity index (χ2n) is 5.33. The molecule has 3 aromatic rings. The van der Waals surface area contributed by atoms with Crippen LogP contribution in [0.15, 0.2) is 94.1 Å². The molecule has 0 radical (unpaired) electrons. The Hall–Kier alpha value is -3.40.